The zero-order valence-corrected chi connectivity index (χ0v) is 12.6. The van der Waals surface area contributed by atoms with Crippen LogP contribution in [-0.2, 0) is 6.61 Å². The molecule has 0 aliphatic heterocycles. The van der Waals surface area contributed by atoms with Gasteiger partial charge in [0, 0.05) is 0 Å². The van der Waals surface area contributed by atoms with Crippen molar-refractivity contribution in [1.29, 1.82) is 0 Å². The maximum atomic E-state index is 13.1. The quantitative estimate of drug-likeness (QED) is 0.743. The molecule has 0 saturated carbocycles. The largest absolute Gasteiger partial charge is 0.489 e. The van der Waals surface area contributed by atoms with E-state index >= 15 is 0 Å². The van der Waals surface area contributed by atoms with Gasteiger partial charge < -0.3 is 4.74 Å². The third-order valence-electron chi connectivity index (χ3n) is 2.92. The fraction of sp³-hybridized carbons (Fsp3) is 0.250. The number of ether oxygens (including phenoxy) is 1. The van der Waals surface area contributed by atoms with Gasteiger partial charge in [0.05, 0.1) is 4.47 Å². The molecule has 19 heavy (non-hydrogen) atoms. The highest BCUT2D eigenvalue weighted by Crippen LogP contribution is 2.27. The molecule has 0 spiro atoms. The van der Waals surface area contributed by atoms with Gasteiger partial charge in [-0.3, -0.25) is 0 Å². The summed E-state index contributed by atoms with van der Waals surface area (Å²) >= 11 is 3.18. The van der Waals surface area contributed by atoms with Crippen LogP contribution < -0.4 is 4.74 Å². The molecule has 3 heteroatoms. The Labute approximate surface area is 121 Å². The first-order valence-electron chi connectivity index (χ1n) is 6.23. The molecule has 0 aliphatic carbocycles. The molecule has 0 aliphatic rings. The van der Waals surface area contributed by atoms with Crippen LogP contribution in [0.2, 0.25) is 0 Å². The van der Waals surface area contributed by atoms with Crippen molar-refractivity contribution in [2.45, 2.75) is 26.4 Å². The topological polar surface area (TPSA) is 9.23 Å². The second kappa shape index (κ2) is 6.20. The summed E-state index contributed by atoms with van der Waals surface area (Å²) in [5.74, 6) is 1.04. The zero-order chi connectivity index (χ0) is 13.8. The van der Waals surface area contributed by atoms with Crippen LogP contribution in [0.5, 0.6) is 5.75 Å². The molecule has 0 bridgehead atoms. The summed E-state index contributed by atoms with van der Waals surface area (Å²) in [6, 6.07) is 12.9. The molecular formula is C16H16BrFO. The SMILES string of the molecule is CC(C)c1ccccc1OCc1ccc(F)c(Br)c1. The first kappa shape index (κ1) is 14.1. The Kier molecular flexibility index (Phi) is 4.59. The minimum absolute atomic E-state index is 0.258. The van der Waals surface area contributed by atoms with Crippen molar-refractivity contribution in [2.75, 3.05) is 0 Å². The monoisotopic (exact) mass is 322 g/mol. The molecule has 0 N–H and O–H groups in total. The molecule has 0 unspecified atom stereocenters. The Hall–Kier alpha value is -1.35. The zero-order valence-electron chi connectivity index (χ0n) is 11.0. The molecule has 0 heterocycles. The van der Waals surface area contributed by atoms with E-state index in [-0.39, 0.29) is 5.82 Å². The second-order valence-electron chi connectivity index (χ2n) is 4.73. The number of halogens is 2. The van der Waals surface area contributed by atoms with Crippen molar-refractivity contribution in [3.05, 3.63) is 63.9 Å². The Morgan fingerprint density at radius 2 is 1.89 bits per heavy atom. The van der Waals surface area contributed by atoms with Crippen molar-refractivity contribution >= 4 is 15.9 Å². The van der Waals surface area contributed by atoms with Gasteiger partial charge in [0.1, 0.15) is 18.2 Å². The maximum Gasteiger partial charge on any atom is 0.137 e. The van der Waals surface area contributed by atoms with Crippen LogP contribution in [0.25, 0.3) is 0 Å². The third-order valence-corrected chi connectivity index (χ3v) is 3.53. The van der Waals surface area contributed by atoms with Gasteiger partial charge in [0.2, 0.25) is 0 Å². The van der Waals surface area contributed by atoms with Crippen LogP contribution in [0.3, 0.4) is 0 Å². The summed E-state index contributed by atoms with van der Waals surface area (Å²) in [4.78, 5) is 0. The lowest BCUT2D eigenvalue weighted by Gasteiger charge is -2.14. The highest BCUT2D eigenvalue weighted by atomic mass is 79.9. The third kappa shape index (κ3) is 3.57. The van der Waals surface area contributed by atoms with Gasteiger partial charge in [-0.1, -0.05) is 38.1 Å². The van der Waals surface area contributed by atoms with E-state index in [4.69, 9.17) is 4.74 Å². The van der Waals surface area contributed by atoms with Gasteiger partial charge in [0.25, 0.3) is 0 Å². The Morgan fingerprint density at radius 1 is 1.16 bits per heavy atom. The van der Waals surface area contributed by atoms with Gasteiger partial charge in [0.15, 0.2) is 0 Å². The summed E-state index contributed by atoms with van der Waals surface area (Å²) in [6.45, 7) is 4.70. The molecule has 1 nitrogen and oxygen atoms in total. The minimum Gasteiger partial charge on any atom is -0.489 e. The Balaban J connectivity index is 2.12. The van der Waals surface area contributed by atoms with Crippen LogP contribution in [0.15, 0.2) is 46.9 Å². The molecule has 0 saturated heterocycles. The van der Waals surface area contributed by atoms with E-state index in [1.165, 1.54) is 11.6 Å². The second-order valence-corrected chi connectivity index (χ2v) is 5.58. The smallest absolute Gasteiger partial charge is 0.137 e. The van der Waals surface area contributed by atoms with E-state index in [9.17, 15) is 4.39 Å². The average molecular weight is 323 g/mol. The number of rotatable bonds is 4. The maximum absolute atomic E-state index is 13.1. The van der Waals surface area contributed by atoms with Crippen LogP contribution >= 0.6 is 15.9 Å². The van der Waals surface area contributed by atoms with Crippen molar-refractivity contribution in [3.8, 4) is 5.75 Å². The number of hydrogen-bond donors (Lipinski definition) is 0. The summed E-state index contributed by atoms with van der Waals surface area (Å²) in [7, 11) is 0. The first-order chi connectivity index (χ1) is 9.08. The summed E-state index contributed by atoms with van der Waals surface area (Å²) in [5.41, 5.74) is 2.12. The van der Waals surface area contributed by atoms with Gasteiger partial charge in [-0.05, 0) is 51.2 Å². The lowest BCUT2D eigenvalue weighted by molar-refractivity contribution is 0.301. The molecule has 2 rings (SSSR count). The highest BCUT2D eigenvalue weighted by molar-refractivity contribution is 9.10. The van der Waals surface area contributed by atoms with Gasteiger partial charge in [-0.15, -0.1) is 0 Å². The fourth-order valence-electron chi connectivity index (χ4n) is 1.88. The fourth-order valence-corrected chi connectivity index (χ4v) is 2.31. The van der Waals surface area contributed by atoms with Crippen LogP contribution in [0.4, 0.5) is 4.39 Å². The van der Waals surface area contributed by atoms with Crippen molar-refractivity contribution in [1.82, 2.24) is 0 Å². The number of benzene rings is 2. The van der Waals surface area contributed by atoms with Gasteiger partial charge in [-0.2, -0.15) is 0 Å². The van der Waals surface area contributed by atoms with Crippen LogP contribution in [-0.4, -0.2) is 0 Å². The highest BCUT2D eigenvalue weighted by Gasteiger charge is 2.07. The van der Waals surface area contributed by atoms with Crippen molar-refractivity contribution < 1.29 is 9.13 Å². The van der Waals surface area contributed by atoms with E-state index in [0.29, 0.717) is 17.0 Å². The standard InChI is InChI=1S/C16H16BrFO/c1-11(2)13-5-3-4-6-16(13)19-10-12-7-8-15(18)14(17)9-12/h3-9,11H,10H2,1-2H3. The predicted octanol–water partition coefficient (Wildman–Crippen LogP) is 5.29. The summed E-state index contributed by atoms with van der Waals surface area (Å²) < 4.78 is 19.4. The molecule has 2 aromatic rings. The Bertz CT molecular complexity index is 566. The van der Waals surface area contributed by atoms with Crippen molar-refractivity contribution in [3.63, 3.8) is 0 Å². The summed E-state index contributed by atoms with van der Waals surface area (Å²) in [5, 5.41) is 0. The van der Waals surface area contributed by atoms with E-state index < -0.39 is 0 Å². The average Bonchev–Trinajstić information content (AvgIpc) is 2.40. The van der Waals surface area contributed by atoms with Gasteiger partial charge >= 0.3 is 0 Å². The lowest BCUT2D eigenvalue weighted by atomic mass is 10.0. The molecule has 0 amide bonds. The molecular weight excluding hydrogens is 307 g/mol. The summed E-state index contributed by atoms with van der Waals surface area (Å²) in [6.07, 6.45) is 0. The van der Waals surface area contributed by atoms with E-state index in [1.54, 1.807) is 12.1 Å². The molecule has 100 valence electrons. The molecule has 0 aromatic heterocycles. The predicted molar refractivity (Wildman–Crippen MR) is 79.0 cm³/mol. The number of para-hydroxylation sites is 1. The molecule has 0 radical (unpaired) electrons. The van der Waals surface area contributed by atoms with Crippen LogP contribution in [0, 0.1) is 5.82 Å². The van der Waals surface area contributed by atoms with Gasteiger partial charge in [-0.25, -0.2) is 4.39 Å². The number of hydrogen-bond acceptors (Lipinski definition) is 1. The molecule has 2 aromatic carbocycles. The molecule has 0 fully saturated rings. The Morgan fingerprint density at radius 3 is 2.58 bits per heavy atom. The normalized spacial score (nSPS) is 10.8. The van der Waals surface area contributed by atoms with Crippen molar-refractivity contribution in [2.24, 2.45) is 0 Å². The van der Waals surface area contributed by atoms with Crippen LogP contribution in [0.1, 0.15) is 30.9 Å². The minimum atomic E-state index is -0.258. The van der Waals surface area contributed by atoms with E-state index in [0.717, 1.165) is 11.3 Å². The first-order valence-corrected chi connectivity index (χ1v) is 7.03. The lowest BCUT2D eigenvalue weighted by Crippen LogP contribution is -2.00. The molecule has 0 atom stereocenters. The van der Waals surface area contributed by atoms with E-state index in [2.05, 4.69) is 35.8 Å². The van der Waals surface area contributed by atoms with E-state index in [1.807, 2.05) is 18.2 Å².